The molecule has 0 bridgehead atoms. The fraction of sp³-hybridized carbons (Fsp3) is 0.538. The number of alkyl carbamates (subject to hydrolysis) is 1. The van der Waals surface area contributed by atoms with Crippen LogP contribution in [0.2, 0.25) is 0 Å². The number of carbonyl (C=O) groups is 4. The normalized spacial score (nSPS) is 17.0. The molecular weight excluding hydrogens is 298 g/mol. The summed E-state index contributed by atoms with van der Waals surface area (Å²) in [6.45, 7) is 2.78. The summed E-state index contributed by atoms with van der Waals surface area (Å²) < 4.78 is 18.6. The smallest absolute Gasteiger partial charge is 0.407 e. The van der Waals surface area contributed by atoms with Gasteiger partial charge in [-0.05, 0) is 0 Å². The molecule has 0 aromatic rings. The van der Waals surface area contributed by atoms with Gasteiger partial charge in [-0.3, -0.25) is 4.79 Å². The minimum absolute atomic E-state index is 0.0735. The minimum atomic E-state index is -0.856. The van der Waals surface area contributed by atoms with E-state index < -0.39 is 36.8 Å². The van der Waals surface area contributed by atoms with Crippen LogP contribution < -0.4 is 5.32 Å². The first-order chi connectivity index (χ1) is 10.4. The average molecular weight is 315 g/mol. The molecule has 1 aliphatic rings. The van der Waals surface area contributed by atoms with Gasteiger partial charge in [0.15, 0.2) is 0 Å². The van der Waals surface area contributed by atoms with Crippen molar-refractivity contribution in [1.29, 1.82) is 0 Å². The summed E-state index contributed by atoms with van der Waals surface area (Å²) in [5, 5.41) is 2.42. The lowest BCUT2D eigenvalue weighted by atomic mass is 10.2. The molecule has 0 aromatic carbocycles. The summed E-state index contributed by atoms with van der Waals surface area (Å²) in [5.74, 6) is -2.47. The van der Waals surface area contributed by atoms with Crippen molar-refractivity contribution in [3.8, 4) is 0 Å². The second-order valence-corrected chi connectivity index (χ2v) is 4.60. The van der Waals surface area contributed by atoms with Crippen LogP contribution in [-0.2, 0) is 33.3 Å². The van der Waals surface area contributed by atoms with Crippen molar-refractivity contribution in [3.05, 3.63) is 12.2 Å². The summed E-state index contributed by atoms with van der Waals surface area (Å²) in [6, 6.07) is -0.410. The summed E-state index contributed by atoms with van der Waals surface area (Å²) in [7, 11) is 0. The molecule has 1 atom stereocenters. The Kier molecular flexibility index (Phi) is 6.87. The molecule has 0 saturated carbocycles. The third-order valence-corrected chi connectivity index (χ3v) is 2.39. The molecule has 9 heteroatoms. The molecule has 0 radical (unpaired) electrons. The molecule has 1 heterocycles. The van der Waals surface area contributed by atoms with Crippen molar-refractivity contribution in [3.63, 3.8) is 0 Å². The molecule has 22 heavy (non-hydrogen) atoms. The SMILES string of the molecule is CC(C)C(=O)OCOC(=O)/C=C/C(=O)OCC1COC(=O)N1. The molecular formula is C13H17NO8. The van der Waals surface area contributed by atoms with Gasteiger partial charge in [-0.25, -0.2) is 14.4 Å². The molecule has 9 nitrogen and oxygen atoms in total. The lowest BCUT2D eigenvalue weighted by molar-refractivity contribution is -0.166. The van der Waals surface area contributed by atoms with E-state index in [1.165, 1.54) is 0 Å². The molecule has 122 valence electrons. The van der Waals surface area contributed by atoms with E-state index in [1.54, 1.807) is 13.8 Å². The largest absolute Gasteiger partial charge is 0.460 e. The van der Waals surface area contributed by atoms with Crippen molar-refractivity contribution >= 4 is 24.0 Å². The standard InChI is InChI=1S/C13H17NO8/c1-8(2)12(17)22-7-21-11(16)4-3-10(15)19-5-9-6-20-13(18)14-9/h3-4,8-9H,5-7H2,1-2H3,(H,14,18)/b4-3+. The van der Waals surface area contributed by atoms with Gasteiger partial charge in [0.2, 0.25) is 6.79 Å². The number of hydrogen-bond acceptors (Lipinski definition) is 8. The topological polar surface area (TPSA) is 117 Å². The lowest BCUT2D eigenvalue weighted by Crippen LogP contribution is -2.31. The maximum absolute atomic E-state index is 11.3. The van der Waals surface area contributed by atoms with Crippen LogP contribution in [0.3, 0.4) is 0 Å². The van der Waals surface area contributed by atoms with Crippen LogP contribution in [0.4, 0.5) is 4.79 Å². The number of amides is 1. The Hall–Kier alpha value is -2.58. The van der Waals surface area contributed by atoms with E-state index in [9.17, 15) is 19.2 Å². The molecule has 1 unspecified atom stereocenters. The van der Waals surface area contributed by atoms with Crippen molar-refractivity contribution in [2.75, 3.05) is 20.0 Å². The van der Waals surface area contributed by atoms with E-state index in [4.69, 9.17) is 4.74 Å². The lowest BCUT2D eigenvalue weighted by Gasteiger charge is -2.07. The Morgan fingerprint density at radius 1 is 1.23 bits per heavy atom. The zero-order valence-corrected chi connectivity index (χ0v) is 12.2. The number of nitrogens with one attached hydrogen (secondary N) is 1. The van der Waals surface area contributed by atoms with Crippen molar-refractivity contribution in [1.82, 2.24) is 5.32 Å². The number of rotatable bonds is 7. The average Bonchev–Trinajstić information content (AvgIpc) is 2.88. The van der Waals surface area contributed by atoms with E-state index in [0.29, 0.717) is 0 Å². The molecule has 1 amide bonds. The number of hydrogen-bond donors (Lipinski definition) is 1. The van der Waals surface area contributed by atoms with Gasteiger partial charge in [-0.15, -0.1) is 0 Å². The van der Waals surface area contributed by atoms with Gasteiger partial charge in [0.25, 0.3) is 0 Å². The second-order valence-electron chi connectivity index (χ2n) is 4.60. The molecule has 1 saturated heterocycles. The molecule has 1 rings (SSSR count). The van der Waals surface area contributed by atoms with Gasteiger partial charge in [-0.1, -0.05) is 13.8 Å². The molecule has 0 aliphatic carbocycles. The van der Waals surface area contributed by atoms with Gasteiger partial charge in [0.05, 0.1) is 5.92 Å². The zero-order valence-electron chi connectivity index (χ0n) is 12.2. The molecule has 1 fully saturated rings. The molecule has 1 N–H and O–H groups in total. The van der Waals surface area contributed by atoms with Gasteiger partial charge in [0.1, 0.15) is 19.3 Å². The van der Waals surface area contributed by atoms with Gasteiger partial charge >= 0.3 is 24.0 Å². The van der Waals surface area contributed by atoms with Crippen LogP contribution in [0.5, 0.6) is 0 Å². The predicted molar refractivity (Wildman–Crippen MR) is 70.3 cm³/mol. The fourth-order valence-corrected chi connectivity index (χ4v) is 1.24. The Bertz CT molecular complexity index is 471. The van der Waals surface area contributed by atoms with Crippen LogP contribution in [0.15, 0.2) is 12.2 Å². The third kappa shape index (κ3) is 6.73. The number of ether oxygens (including phenoxy) is 4. The Balaban J connectivity index is 2.17. The quantitative estimate of drug-likeness (QED) is 0.299. The Labute approximate surface area is 126 Å². The van der Waals surface area contributed by atoms with Crippen LogP contribution >= 0.6 is 0 Å². The fourth-order valence-electron chi connectivity index (χ4n) is 1.24. The predicted octanol–water partition coefficient (Wildman–Crippen LogP) is -0.106. The van der Waals surface area contributed by atoms with Crippen molar-refractivity contribution in [2.24, 2.45) is 5.92 Å². The monoisotopic (exact) mass is 315 g/mol. The number of carbonyl (C=O) groups excluding carboxylic acids is 4. The highest BCUT2D eigenvalue weighted by Crippen LogP contribution is 1.99. The van der Waals surface area contributed by atoms with Crippen LogP contribution in [0.1, 0.15) is 13.8 Å². The molecule has 1 aliphatic heterocycles. The van der Waals surface area contributed by atoms with E-state index in [2.05, 4.69) is 19.5 Å². The maximum atomic E-state index is 11.3. The first-order valence-corrected chi connectivity index (χ1v) is 6.50. The van der Waals surface area contributed by atoms with Crippen LogP contribution in [0, 0.1) is 5.92 Å². The summed E-state index contributed by atoms with van der Waals surface area (Å²) in [4.78, 5) is 44.3. The zero-order chi connectivity index (χ0) is 16.5. The number of cyclic esters (lactones) is 1. The van der Waals surface area contributed by atoms with Gasteiger partial charge < -0.3 is 24.3 Å². The van der Waals surface area contributed by atoms with E-state index >= 15 is 0 Å². The first-order valence-electron chi connectivity index (χ1n) is 6.50. The highest BCUT2D eigenvalue weighted by atomic mass is 16.7. The second kappa shape index (κ2) is 8.65. The van der Waals surface area contributed by atoms with Gasteiger partial charge in [-0.2, -0.15) is 0 Å². The summed E-state index contributed by atoms with van der Waals surface area (Å²) in [5.41, 5.74) is 0. The summed E-state index contributed by atoms with van der Waals surface area (Å²) >= 11 is 0. The highest BCUT2D eigenvalue weighted by molar-refractivity contribution is 5.91. The van der Waals surface area contributed by atoms with Crippen LogP contribution in [0.25, 0.3) is 0 Å². The number of esters is 3. The Morgan fingerprint density at radius 2 is 1.86 bits per heavy atom. The minimum Gasteiger partial charge on any atom is -0.460 e. The van der Waals surface area contributed by atoms with Gasteiger partial charge in [0, 0.05) is 12.2 Å². The van der Waals surface area contributed by atoms with E-state index in [1.807, 2.05) is 0 Å². The van der Waals surface area contributed by atoms with E-state index in [-0.39, 0.29) is 19.1 Å². The Morgan fingerprint density at radius 3 is 2.41 bits per heavy atom. The van der Waals surface area contributed by atoms with Crippen molar-refractivity contribution in [2.45, 2.75) is 19.9 Å². The van der Waals surface area contributed by atoms with Crippen molar-refractivity contribution < 1.29 is 38.1 Å². The first kappa shape index (κ1) is 17.5. The highest BCUT2D eigenvalue weighted by Gasteiger charge is 2.23. The van der Waals surface area contributed by atoms with Crippen LogP contribution in [-0.4, -0.2) is 50.0 Å². The third-order valence-electron chi connectivity index (χ3n) is 2.39. The molecule has 0 spiro atoms. The molecule has 0 aromatic heterocycles. The maximum Gasteiger partial charge on any atom is 0.407 e. The summed E-state index contributed by atoms with van der Waals surface area (Å²) in [6.07, 6.45) is 1.13. The van der Waals surface area contributed by atoms with E-state index in [0.717, 1.165) is 12.2 Å².